The van der Waals surface area contributed by atoms with Gasteiger partial charge < -0.3 is 16.4 Å². The Kier molecular flexibility index (Phi) is 2.52. The van der Waals surface area contributed by atoms with Crippen molar-refractivity contribution in [3.63, 3.8) is 0 Å². The molecule has 1 aliphatic rings. The molecule has 0 aromatic heterocycles. The highest BCUT2D eigenvalue weighted by Crippen LogP contribution is 2.16. The van der Waals surface area contributed by atoms with Crippen molar-refractivity contribution in [2.45, 2.75) is 25.8 Å². The molecule has 0 bridgehead atoms. The summed E-state index contributed by atoms with van der Waals surface area (Å²) in [6.07, 6.45) is 2.23. The Labute approximate surface area is 71.9 Å². The van der Waals surface area contributed by atoms with Crippen molar-refractivity contribution in [1.82, 2.24) is 4.90 Å². The Balaban J connectivity index is 2.58. The van der Waals surface area contributed by atoms with Crippen LogP contribution in [0.25, 0.3) is 0 Å². The minimum atomic E-state index is -0.0425. The lowest BCUT2D eigenvalue weighted by Gasteiger charge is -2.20. The van der Waals surface area contributed by atoms with Crippen molar-refractivity contribution in [2.75, 3.05) is 6.54 Å². The number of rotatable bonds is 0. The van der Waals surface area contributed by atoms with Crippen LogP contribution in [0.1, 0.15) is 19.8 Å². The number of aliphatic imine (C=N–C) groups is 1. The molecule has 0 aromatic carbocycles. The lowest BCUT2D eigenvalue weighted by atomic mass is 10.2. The molecule has 1 rings (SSSR count). The third-order valence-electron chi connectivity index (χ3n) is 2.06. The van der Waals surface area contributed by atoms with Gasteiger partial charge in [0.1, 0.15) is 0 Å². The first-order valence-electron chi connectivity index (χ1n) is 4.06. The van der Waals surface area contributed by atoms with Crippen molar-refractivity contribution in [1.29, 1.82) is 5.41 Å². The number of likely N-dealkylation sites (tertiary alicyclic amines) is 1. The van der Waals surface area contributed by atoms with E-state index in [-0.39, 0.29) is 11.9 Å². The van der Waals surface area contributed by atoms with Crippen LogP contribution in [0, 0.1) is 5.41 Å². The lowest BCUT2D eigenvalue weighted by molar-refractivity contribution is 0.408. The topological polar surface area (TPSA) is 91.5 Å². The van der Waals surface area contributed by atoms with Gasteiger partial charge >= 0.3 is 0 Å². The smallest absolute Gasteiger partial charge is 0.221 e. The van der Waals surface area contributed by atoms with Crippen LogP contribution in [0.4, 0.5) is 0 Å². The van der Waals surface area contributed by atoms with Gasteiger partial charge in [-0.25, -0.2) is 0 Å². The summed E-state index contributed by atoms with van der Waals surface area (Å²) < 4.78 is 0. The van der Waals surface area contributed by atoms with E-state index in [2.05, 4.69) is 11.9 Å². The summed E-state index contributed by atoms with van der Waals surface area (Å²) in [6.45, 7) is 2.96. The van der Waals surface area contributed by atoms with Gasteiger partial charge in [0.25, 0.3) is 0 Å². The maximum absolute atomic E-state index is 7.53. The minimum Gasteiger partial charge on any atom is -0.370 e. The normalized spacial score (nSPS) is 22.4. The van der Waals surface area contributed by atoms with Crippen molar-refractivity contribution in [3.05, 3.63) is 0 Å². The molecule has 0 aliphatic carbocycles. The predicted octanol–water partition coefficient (Wildman–Crippen LogP) is -0.321. The lowest BCUT2D eigenvalue weighted by Crippen LogP contribution is -2.35. The van der Waals surface area contributed by atoms with Crippen LogP contribution in [0.2, 0.25) is 0 Å². The fourth-order valence-corrected chi connectivity index (χ4v) is 1.43. The zero-order valence-electron chi connectivity index (χ0n) is 7.25. The first kappa shape index (κ1) is 8.83. The molecule has 1 heterocycles. The summed E-state index contributed by atoms with van der Waals surface area (Å²) in [6, 6.07) is 0.389. The van der Waals surface area contributed by atoms with Crippen LogP contribution in [-0.2, 0) is 0 Å². The van der Waals surface area contributed by atoms with E-state index in [4.69, 9.17) is 16.9 Å². The highest BCUT2D eigenvalue weighted by molar-refractivity contribution is 5.91. The second kappa shape index (κ2) is 3.42. The number of hydrogen-bond donors (Lipinski definition) is 3. The van der Waals surface area contributed by atoms with E-state index in [1.165, 1.54) is 0 Å². The second-order valence-corrected chi connectivity index (χ2v) is 3.04. The quantitative estimate of drug-likeness (QED) is 0.343. The largest absolute Gasteiger partial charge is 0.370 e. The van der Waals surface area contributed by atoms with Crippen LogP contribution in [-0.4, -0.2) is 29.4 Å². The first-order chi connectivity index (χ1) is 5.61. The number of nitrogens with two attached hydrogens (primary N) is 2. The van der Waals surface area contributed by atoms with Gasteiger partial charge in [-0.2, -0.15) is 4.99 Å². The van der Waals surface area contributed by atoms with Gasteiger partial charge in [-0.05, 0) is 19.8 Å². The van der Waals surface area contributed by atoms with Crippen LogP contribution >= 0.6 is 0 Å². The molecule has 12 heavy (non-hydrogen) atoms. The Morgan fingerprint density at radius 1 is 1.58 bits per heavy atom. The fourth-order valence-electron chi connectivity index (χ4n) is 1.43. The summed E-state index contributed by atoms with van der Waals surface area (Å²) in [5.41, 5.74) is 10.3. The summed E-state index contributed by atoms with van der Waals surface area (Å²) in [7, 11) is 0. The maximum Gasteiger partial charge on any atom is 0.221 e. The van der Waals surface area contributed by atoms with Crippen LogP contribution < -0.4 is 11.5 Å². The number of nitrogens with one attached hydrogen (secondary N) is 1. The molecule has 0 saturated carbocycles. The van der Waals surface area contributed by atoms with E-state index in [9.17, 15) is 0 Å². The summed E-state index contributed by atoms with van der Waals surface area (Å²) >= 11 is 0. The molecule has 0 radical (unpaired) electrons. The molecular formula is C7H15N5. The van der Waals surface area contributed by atoms with Crippen molar-refractivity contribution in [2.24, 2.45) is 16.5 Å². The second-order valence-electron chi connectivity index (χ2n) is 3.04. The van der Waals surface area contributed by atoms with Gasteiger partial charge in [0.2, 0.25) is 5.96 Å². The molecule has 0 spiro atoms. The molecule has 68 valence electrons. The SMILES string of the molecule is CC1CCCN1C(=N)N=C(N)N. The van der Waals surface area contributed by atoms with Gasteiger partial charge in [-0.15, -0.1) is 0 Å². The Morgan fingerprint density at radius 2 is 2.25 bits per heavy atom. The van der Waals surface area contributed by atoms with Gasteiger partial charge in [0.05, 0.1) is 0 Å². The minimum absolute atomic E-state index is 0.0425. The van der Waals surface area contributed by atoms with E-state index in [0.29, 0.717) is 6.04 Å². The molecule has 1 fully saturated rings. The zero-order chi connectivity index (χ0) is 9.14. The summed E-state index contributed by atoms with van der Waals surface area (Å²) in [5.74, 6) is 0.138. The van der Waals surface area contributed by atoms with Gasteiger partial charge in [-0.1, -0.05) is 0 Å². The van der Waals surface area contributed by atoms with Gasteiger partial charge in [0.15, 0.2) is 5.96 Å². The van der Waals surface area contributed by atoms with E-state index in [1.807, 2.05) is 4.90 Å². The molecule has 0 amide bonds. The summed E-state index contributed by atoms with van der Waals surface area (Å²) in [4.78, 5) is 5.59. The average Bonchev–Trinajstić information content (AvgIpc) is 2.33. The molecule has 5 heteroatoms. The van der Waals surface area contributed by atoms with Crippen molar-refractivity contribution < 1.29 is 0 Å². The molecule has 5 N–H and O–H groups in total. The first-order valence-corrected chi connectivity index (χ1v) is 4.06. The Hall–Kier alpha value is -1.26. The Morgan fingerprint density at radius 3 is 2.67 bits per heavy atom. The van der Waals surface area contributed by atoms with Crippen LogP contribution in [0.5, 0.6) is 0 Å². The zero-order valence-corrected chi connectivity index (χ0v) is 7.25. The van der Waals surface area contributed by atoms with E-state index >= 15 is 0 Å². The number of hydrogen-bond acceptors (Lipinski definition) is 1. The third kappa shape index (κ3) is 1.87. The molecule has 0 aromatic rings. The van der Waals surface area contributed by atoms with E-state index in [1.54, 1.807) is 0 Å². The highest BCUT2D eigenvalue weighted by atomic mass is 15.3. The van der Waals surface area contributed by atoms with Gasteiger partial charge in [0, 0.05) is 12.6 Å². The number of nitrogens with zero attached hydrogens (tertiary/aromatic N) is 2. The van der Waals surface area contributed by atoms with Crippen LogP contribution in [0.3, 0.4) is 0 Å². The molecule has 1 atom stereocenters. The van der Waals surface area contributed by atoms with Crippen LogP contribution in [0.15, 0.2) is 4.99 Å². The molecule has 1 unspecified atom stereocenters. The van der Waals surface area contributed by atoms with E-state index < -0.39 is 0 Å². The van der Waals surface area contributed by atoms with E-state index in [0.717, 1.165) is 19.4 Å². The fraction of sp³-hybridized carbons (Fsp3) is 0.714. The predicted molar refractivity (Wildman–Crippen MR) is 48.9 cm³/mol. The monoisotopic (exact) mass is 169 g/mol. The maximum atomic E-state index is 7.53. The molecule has 1 saturated heterocycles. The average molecular weight is 169 g/mol. The van der Waals surface area contributed by atoms with Crippen molar-refractivity contribution >= 4 is 11.9 Å². The molecule has 1 aliphatic heterocycles. The summed E-state index contributed by atoms with van der Waals surface area (Å²) in [5, 5.41) is 7.53. The highest BCUT2D eigenvalue weighted by Gasteiger charge is 2.22. The standard InChI is InChI=1S/C7H15N5/c1-5-3-2-4-12(5)7(10)11-6(8)9/h5H,2-4H2,1H3,(H5,8,9,10,11). The number of guanidine groups is 2. The third-order valence-corrected chi connectivity index (χ3v) is 2.06. The molecule has 5 nitrogen and oxygen atoms in total. The molecular weight excluding hydrogens is 154 g/mol. The van der Waals surface area contributed by atoms with Gasteiger partial charge in [-0.3, -0.25) is 5.41 Å². The van der Waals surface area contributed by atoms with Crippen molar-refractivity contribution in [3.8, 4) is 0 Å². The Bertz CT molecular complexity index is 206.